The van der Waals surface area contributed by atoms with E-state index in [1.807, 2.05) is 0 Å². The zero-order valence-electron chi connectivity index (χ0n) is 13.8. The van der Waals surface area contributed by atoms with Gasteiger partial charge < -0.3 is 15.2 Å². The van der Waals surface area contributed by atoms with Gasteiger partial charge in [-0.2, -0.15) is 0 Å². The molecule has 0 saturated heterocycles. The first-order chi connectivity index (χ1) is 12.2. The minimum Gasteiger partial charge on any atom is -0.481 e. The van der Waals surface area contributed by atoms with E-state index in [0.29, 0.717) is 5.69 Å². The summed E-state index contributed by atoms with van der Waals surface area (Å²) in [5, 5.41) is 12.3. The predicted molar refractivity (Wildman–Crippen MR) is 84.3 cm³/mol. The molecule has 2 N–H and O–H groups in total. The van der Waals surface area contributed by atoms with Crippen molar-refractivity contribution in [3.63, 3.8) is 0 Å². The molecular formula is C18H18F3NO4. The minimum absolute atomic E-state index is 0.0233. The van der Waals surface area contributed by atoms with Gasteiger partial charge in [0.1, 0.15) is 5.75 Å². The van der Waals surface area contributed by atoms with E-state index in [-0.39, 0.29) is 28.9 Å². The number of aliphatic carboxylic acids is 1. The lowest BCUT2D eigenvalue weighted by atomic mass is 9.78. The number of hydrogen-bond donors (Lipinski definition) is 2. The smallest absolute Gasteiger partial charge is 0.481 e. The third-order valence-electron chi connectivity index (χ3n) is 6.29. The molecule has 5 nitrogen and oxygen atoms in total. The lowest BCUT2D eigenvalue weighted by Crippen LogP contribution is -2.37. The zero-order valence-corrected chi connectivity index (χ0v) is 13.8. The van der Waals surface area contributed by atoms with E-state index in [4.69, 9.17) is 0 Å². The number of ether oxygens (including phenoxy) is 1. The van der Waals surface area contributed by atoms with Crippen LogP contribution in [-0.4, -0.2) is 23.3 Å². The second-order valence-corrected chi connectivity index (χ2v) is 7.47. The van der Waals surface area contributed by atoms with Gasteiger partial charge in [-0.3, -0.25) is 9.59 Å². The van der Waals surface area contributed by atoms with Gasteiger partial charge >= 0.3 is 12.3 Å². The van der Waals surface area contributed by atoms with Gasteiger partial charge in [0.05, 0.1) is 11.8 Å². The number of benzene rings is 1. The molecule has 26 heavy (non-hydrogen) atoms. The molecule has 4 rings (SSSR count). The number of carboxylic acids is 1. The molecule has 0 aliphatic heterocycles. The zero-order chi connectivity index (χ0) is 18.7. The van der Waals surface area contributed by atoms with E-state index in [1.165, 1.54) is 12.1 Å². The van der Waals surface area contributed by atoms with Crippen molar-refractivity contribution in [1.82, 2.24) is 0 Å². The van der Waals surface area contributed by atoms with Crippen molar-refractivity contribution in [2.24, 2.45) is 29.1 Å². The molecule has 3 saturated carbocycles. The van der Waals surface area contributed by atoms with Crippen LogP contribution >= 0.6 is 0 Å². The Kier molecular flexibility index (Phi) is 3.71. The summed E-state index contributed by atoms with van der Waals surface area (Å²) in [4.78, 5) is 24.5. The Morgan fingerprint density at radius 2 is 1.65 bits per heavy atom. The van der Waals surface area contributed by atoms with Gasteiger partial charge in [-0.25, -0.2) is 0 Å². The second-order valence-electron chi connectivity index (χ2n) is 7.47. The first-order valence-corrected chi connectivity index (χ1v) is 8.61. The maximum Gasteiger partial charge on any atom is 0.573 e. The van der Waals surface area contributed by atoms with Crippen LogP contribution in [0.25, 0.3) is 0 Å². The fourth-order valence-corrected chi connectivity index (χ4v) is 5.31. The summed E-state index contributed by atoms with van der Waals surface area (Å²) in [6.07, 6.45) is -1.08. The van der Waals surface area contributed by atoms with Crippen LogP contribution in [0.2, 0.25) is 0 Å². The molecular weight excluding hydrogens is 351 g/mol. The SMILES string of the molecule is O=C(O)[C@@H]1[C@H](C(=O)Nc2ccc(OC(F)(F)F)cc2)[C@@H]2CC[C@H]1C21CC1. The Balaban J connectivity index is 1.49. The number of alkyl halides is 3. The Bertz CT molecular complexity index is 742. The Morgan fingerprint density at radius 1 is 1.08 bits per heavy atom. The van der Waals surface area contributed by atoms with Gasteiger partial charge in [0.2, 0.25) is 5.91 Å². The summed E-state index contributed by atoms with van der Waals surface area (Å²) in [6.45, 7) is 0. The molecule has 3 aliphatic rings. The van der Waals surface area contributed by atoms with Gasteiger partial charge in [0.15, 0.2) is 0 Å². The number of rotatable bonds is 4. The summed E-state index contributed by atoms with van der Waals surface area (Å²) >= 11 is 0. The van der Waals surface area contributed by atoms with Gasteiger partial charge in [-0.1, -0.05) is 0 Å². The Morgan fingerprint density at radius 3 is 2.15 bits per heavy atom. The molecule has 3 fully saturated rings. The highest BCUT2D eigenvalue weighted by Gasteiger charge is 2.71. The highest BCUT2D eigenvalue weighted by atomic mass is 19.4. The molecule has 0 heterocycles. The van der Waals surface area contributed by atoms with Crippen molar-refractivity contribution in [2.75, 3.05) is 5.32 Å². The van der Waals surface area contributed by atoms with E-state index < -0.39 is 24.2 Å². The number of carbonyl (C=O) groups is 2. The molecule has 8 heteroatoms. The molecule has 1 amide bonds. The maximum absolute atomic E-state index is 12.8. The van der Waals surface area contributed by atoms with Crippen LogP contribution in [0.4, 0.5) is 18.9 Å². The average Bonchev–Trinajstić information content (AvgIpc) is 3.21. The molecule has 4 atom stereocenters. The largest absolute Gasteiger partial charge is 0.573 e. The van der Waals surface area contributed by atoms with Crippen molar-refractivity contribution < 1.29 is 32.6 Å². The van der Waals surface area contributed by atoms with Crippen LogP contribution in [-0.2, 0) is 9.59 Å². The van der Waals surface area contributed by atoms with Gasteiger partial charge in [0, 0.05) is 5.69 Å². The van der Waals surface area contributed by atoms with E-state index in [0.717, 1.165) is 37.8 Å². The Labute approximate surface area is 147 Å². The van der Waals surface area contributed by atoms with Crippen LogP contribution in [0, 0.1) is 29.1 Å². The predicted octanol–water partition coefficient (Wildman–Crippen LogP) is 3.66. The maximum atomic E-state index is 12.8. The normalized spacial score (nSPS) is 31.0. The quantitative estimate of drug-likeness (QED) is 0.849. The van der Waals surface area contributed by atoms with Gasteiger partial charge in [-0.15, -0.1) is 13.2 Å². The van der Waals surface area contributed by atoms with Crippen LogP contribution in [0.1, 0.15) is 25.7 Å². The highest BCUT2D eigenvalue weighted by Crippen LogP contribution is 2.74. The van der Waals surface area contributed by atoms with Gasteiger partial charge in [-0.05, 0) is 67.2 Å². The van der Waals surface area contributed by atoms with E-state index in [2.05, 4.69) is 10.1 Å². The molecule has 2 bridgehead atoms. The molecule has 3 aliphatic carbocycles. The summed E-state index contributed by atoms with van der Waals surface area (Å²) in [5.41, 5.74) is 0.344. The van der Waals surface area contributed by atoms with Crippen LogP contribution in [0.5, 0.6) is 5.75 Å². The monoisotopic (exact) mass is 369 g/mol. The van der Waals surface area contributed by atoms with E-state index >= 15 is 0 Å². The van der Waals surface area contributed by atoms with Crippen LogP contribution in [0.3, 0.4) is 0 Å². The lowest BCUT2D eigenvalue weighted by molar-refractivity contribution is -0.274. The van der Waals surface area contributed by atoms with Gasteiger partial charge in [0.25, 0.3) is 0 Å². The molecule has 0 aromatic heterocycles. The Hall–Kier alpha value is -2.25. The summed E-state index contributed by atoms with van der Waals surface area (Å²) in [5.74, 6) is -2.79. The first kappa shape index (κ1) is 17.2. The summed E-state index contributed by atoms with van der Waals surface area (Å²) < 4.78 is 40.4. The average molecular weight is 369 g/mol. The molecule has 0 unspecified atom stereocenters. The van der Waals surface area contributed by atoms with Crippen LogP contribution in [0.15, 0.2) is 24.3 Å². The van der Waals surface area contributed by atoms with Crippen molar-refractivity contribution in [3.05, 3.63) is 24.3 Å². The molecule has 1 spiro atoms. The van der Waals surface area contributed by atoms with E-state index in [9.17, 15) is 27.9 Å². The number of anilines is 1. The summed E-state index contributed by atoms with van der Waals surface area (Å²) in [7, 11) is 0. The highest BCUT2D eigenvalue weighted by molar-refractivity contribution is 5.96. The van der Waals surface area contributed by atoms with Crippen LogP contribution < -0.4 is 10.1 Å². The van der Waals surface area contributed by atoms with Crippen molar-refractivity contribution in [3.8, 4) is 5.75 Å². The van der Waals surface area contributed by atoms with E-state index in [1.54, 1.807) is 0 Å². The number of carbonyl (C=O) groups excluding carboxylic acids is 1. The summed E-state index contributed by atoms with van der Waals surface area (Å²) in [6, 6.07) is 4.85. The topological polar surface area (TPSA) is 75.6 Å². The van der Waals surface area contributed by atoms with Crippen molar-refractivity contribution >= 4 is 17.6 Å². The van der Waals surface area contributed by atoms with Crippen molar-refractivity contribution in [1.29, 1.82) is 0 Å². The third kappa shape index (κ3) is 2.71. The number of amides is 1. The lowest BCUT2D eigenvalue weighted by Gasteiger charge is -2.26. The third-order valence-corrected chi connectivity index (χ3v) is 6.29. The first-order valence-electron chi connectivity index (χ1n) is 8.61. The standard InChI is InChI=1S/C18H18F3NO4/c19-18(20,21)26-10-3-1-9(2-4-10)22-15(23)13-11-5-6-12(14(13)16(24)25)17(11)7-8-17/h1-4,11-14H,5-8H2,(H,22,23)(H,24,25)/t11-,12+,13+,14-/m0/s1. The molecule has 1 aromatic rings. The fraction of sp³-hybridized carbons (Fsp3) is 0.556. The molecule has 1 aromatic carbocycles. The number of hydrogen-bond acceptors (Lipinski definition) is 3. The number of halogens is 3. The number of carboxylic acid groups (broad SMARTS) is 1. The number of nitrogens with one attached hydrogen (secondary N) is 1. The van der Waals surface area contributed by atoms with Crippen molar-refractivity contribution in [2.45, 2.75) is 32.0 Å². The molecule has 140 valence electrons. The molecule has 0 radical (unpaired) electrons. The second kappa shape index (κ2) is 5.62. The fourth-order valence-electron chi connectivity index (χ4n) is 5.31. The minimum atomic E-state index is -4.78.